The second kappa shape index (κ2) is 7.32. The van der Waals surface area contributed by atoms with Gasteiger partial charge in [0, 0.05) is 28.5 Å². The van der Waals surface area contributed by atoms with Gasteiger partial charge in [0.25, 0.3) is 0 Å². The Morgan fingerprint density at radius 1 is 0.818 bits per heavy atom. The van der Waals surface area contributed by atoms with Crippen molar-refractivity contribution in [2.75, 3.05) is 0 Å². The standard InChI is InChI=1S/C30H21N2O/c1-19-10-13-24-26-17-25(22-12-11-20-7-3-4-8-21(20)15-22)23(18-31)16-28(26)33-30(24)29(19)27-9-5-6-14-32(27)2/h3-17H,1-2H3/q+1. The fourth-order valence-corrected chi connectivity index (χ4v) is 4.77. The molecule has 0 fully saturated rings. The number of hydrogen-bond donors (Lipinski definition) is 0. The molecule has 0 bridgehead atoms. The normalized spacial score (nSPS) is 11.3. The molecule has 6 aromatic rings. The number of aryl methyl sites for hydroxylation is 2. The Labute approximate surface area is 191 Å². The van der Waals surface area contributed by atoms with E-state index in [2.05, 4.69) is 72.2 Å². The molecule has 0 spiro atoms. The zero-order valence-electron chi connectivity index (χ0n) is 18.5. The van der Waals surface area contributed by atoms with Crippen molar-refractivity contribution < 1.29 is 8.98 Å². The molecule has 6 rings (SSSR count). The summed E-state index contributed by atoms with van der Waals surface area (Å²) in [6.07, 6.45) is 2.04. The Hall–Kier alpha value is -4.42. The molecule has 33 heavy (non-hydrogen) atoms. The largest absolute Gasteiger partial charge is 0.455 e. The van der Waals surface area contributed by atoms with E-state index in [1.165, 1.54) is 5.39 Å². The van der Waals surface area contributed by atoms with Gasteiger partial charge in [0.15, 0.2) is 6.20 Å². The maximum atomic E-state index is 9.95. The lowest BCUT2D eigenvalue weighted by atomic mass is 9.95. The van der Waals surface area contributed by atoms with Crippen LogP contribution in [0.2, 0.25) is 0 Å². The van der Waals surface area contributed by atoms with Crippen molar-refractivity contribution in [2.45, 2.75) is 6.92 Å². The Balaban J connectivity index is 1.65. The van der Waals surface area contributed by atoms with E-state index in [1.807, 2.05) is 43.6 Å². The Morgan fingerprint density at radius 2 is 1.64 bits per heavy atom. The van der Waals surface area contributed by atoms with Crippen molar-refractivity contribution in [3.05, 3.63) is 102 Å². The van der Waals surface area contributed by atoms with E-state index >= 15 is 0 Å². The summed E-state index contributed by atoms with van der Waals surface area (Å²) in [5.74, 6) is 0. The van der Waals surface area contributed by atoms with Gasteiger partial charge in [0.05, 0.1) is 17.2 Å². The highest BCUT2D eigenvalue weighted by atomic mass is 16.3. The minimum atomic E-state index is 0.611. The molecule has 0 atom stereocenters. The molecular weight excluding hydrogens is 404 g/mol. The van der Waals surface area contributed by atoms with Crippen LogP contribution < -0.4 is 4.57 Å². The summed E-state index contributed by atoms with van der Waals surface area (Å²) in [4.78, 5) is 0. The van der Waals surface area contributed by atoms with Gasteiger partial charge in [-0.2, -0.15) is 5.26 Å². The summed E-state index contributed by atoms with van der Waals surface area (Å²) in [6.45, 7) is 2.11. The van der Waals surface area contributed by atoms with Crippen LogP contribution in [0.3, 0.4) is 0 Å². The van der Waals surface area contributed by atoms with Gasteiger partial charge in [-0.25, -0.2) is 4.57 Å². The van der Waals surface area contributed by atoms with Gasteiger partial charge in [0.1, 0.15) is 18.2 Å². The minimum Gasteiger partial charge on any atom is -0.455 e. The monoisotopic (exact) mass is 425 g/mol. The average molecular weight is 426 g/mol. The van der Waals surface area contributed by atoms with Crippen molar-refractivity contribution in [1.29, 1.82) is 5.26 Å². The highest BCUT2D eigenvalue weighted by Gasteiger charge is 2.21. The third-order valence-electron chi connectivity index (χ3n) is 6.48. The van der Waals surface area contributed by atoms with Gasteiger partial charge in [-0.05, 0) is 53.1 Å². The molecule has 0 saturated heterocycles. The lowest BCUT2D eigenvalue weighted by Crippen LogP contribution is -2.30. The predicted molar refractivity (Wildman–Crippen MR) is 133 cm³/mol. The van der Waals surface area contributed by atoms with Crippen LogP contribution in [0.5, 0.6) is 0 Å². The Kier molecular flexibility index (Phi) is 4.28. The number of rotatable bonds is 2. The molecule has 0 amide bonds. The van der Waals surface area contributed by atoms with E-state index in [-0.39, 0.29) is 0 Å². The molecule has 156 valence electrons. The summed E-state index contributed by atoms with van der Waals surface area (Å²) in [6, 6.07) is 31.4. The zero-order valence-corrected chi connectivity index (χ0v) is 18.5. The molecule has 0 N–H and O–H groups in total. The summed E-state index contributed by atoms with van der Waals surface area (Å²) in [5, 5.41) is 14.4. The van der Waals surface area contributed by atoms with Crippen LogP contribution in [0.4, 0.5) is 0 Å². The summed E-state index contributed by atoms with van der Waals surface area (Å²) >= 11 is 0. The van der Waals surface area contributed by atoms with Crippen molar-refractivity contribution in [2.24, 2.45) is 7.05 Å². The molecular formula is C30H21N2O+. The molecule has 0 aliphatic rings. The maximum absolute atomic E-state index is 9.95. The average Bonchev–Trinajstić information content (AvgIpc) is 3.21. The molecule has 2 aromatic heterocycles. The molecule has 0 aliphatic carbocycles. The molecule has 0 aliphatic heterocycles. The summed E-state index contributed by atoms with van der Waals surface area (Å²) in [5.41, 5.74) is 7.48. The van der Waals surface area contributed by atoms with Crippen LogP contribution >= 0.6 is 0 Å². The highest BCUT2D eigenvalue weighted by Crippen LogP contribution is 2.39. The van der Waals surface area contributed by atoms with Crippen LogP contribution in [0.15, 0.2) is 95.5 Å². The van der Waals surface area contributed by atoms with E-state index in [0.29, 0.717) is 5.56 Å². The number of nitrogens with zero attached hydrogens (tertiary/aromatic N) is 2. The zero-order chi connectivity index (χ0) is 22.5. The fraction of sp³-hybridized carbons (Fsp3) is 0.0667. The molecule has 0 saturated carbocycles. The van der Waals surface area contributed by atoms with E-state index in [4.69, 9.17) is 4.42 Å². The third-order valence-corrected chi connectivity index (χ3v) is 6.48. The van der Waals surface area contributed by atoms with Gasteiger partial charge < -0.3 is 4.42 Å². The summed E-state index contributed by atoms with van der Waals surface area (Å²) < 4.78 is 8.52. The van der Waals surface area contributed by atoms with Crippen LogP contribution in [0, 0.1) is 18.3 Å². The molecule has 3 heteroatoms. The first-order chi connectivity index (χ1) is 16.1. The highest BCUT2D eigenvalue weighted by molar-refractivity contribution is 6.11. The number of hydrogen-bond acceptors (Lipinski definition) is 2. The van der Waals surface area contributed by atoms with Crippen LogP contribution in [-0.4, -0.2) is 0 Å². The second-order valence-corrected chi connectivity index (χ2v) is 8.50. The number of fused-ring (bicyclic) bond motifs is 4. The number of aromatic nitrogens is 1. The topological polar surface area (TPSA) is 40.8 Å². The first-order valence-electron chi connectivity index (χ1n) is 11.0. The van der Waals surface area contributed by atoms with Gasteiger partial charge in [0.2, 0.25) is 5.69 Å². The number of nitriles is 1. The summed E-state index contributed by atoms with van der Waals surface area (Å²) in [7, 11) is 2.04. The molecule has 0 unspecified atom stereocenters. The van der Waals surface area contributed by atoms with E-state index in [0.717, 1.165) is 55.3 Å². The first kappa shape index (κ1) is 19.3. The minimum absolute atomic E-state index is 0.611. The number of furan rings is 1. The first-order valence-corrected chi connectivity index (χ1v) is 11.0. The number of pyridine rings is 1. The van der Waals surface area contributed by atoms with Crippen molar-refractivity contribution >= 4 is 32.7 Å². The maximum Gasteiger partial charge on any atom is 0.216 e. The molecule has 2 heterocycles. The quantitative estimate of drug-likeness (QED) is 0.278. The molecule has 3 nitrogen and oxygen atoms in total. The van der Waals surface area contributed by atoms with Crippen molar-refractivity contribution in [1.82, 2.24) is 0 Å². The van der Waals surface area contributed by atoms with Gasteiger partial charge in [-0.3, -0.25) is 0 Å². The fourth-order valence-electron chi connectivity index (χ4n) is 4.77. The van der Waals surface area contributed by atoms with Gasteiger partial charge >= 0.3 is 0 Å². The van der Waals surface area contributed by atoms with Gasteiger partial charge in [-0.1, -0.05) is 48.5 Å². The smallest absolute Gasteiger partial charge is 0.216 e. The van der Waals surface area contributed by atoms with Gasteiger partial charge in [-0.15, -0.1) is 0 Å². The Morgan fingerprint density at radius 3 is 2.45 bits per heavy atom. The Bertz CT molecular complexity index is 1750. The number of benzene rings is 4. The van der Waals surface area contributed by atoms with E-state index in [9.17, 15) is 5.26 Å². The predicted octanol–water partition coefficient (Wildman–Crippen LogP) is 7.08. The van der Waals surface area contributed by atoms with Crippen LogP contribution in [0.1, 0.15) is 11.1 Å². The van der Waals surface area contributed by atoms with Crippen molar-refractivity contribution in [3.8, 4) is 28.5 Å². The van der Waals surface area contributed by atoms with Crippen LogP contribution in [-0.2, 0) is 7.05 Å². The molecule has 0 radical (unpaired) electrons. The molecule has 4 aromatic carbocycles. The van der Waals surface area contributed by atoms with Crippen molar-refractivity contribution in [3.63, 3.8) is 0 Å². The van der Waals surface area contributed by atoms with E-state index in [1.54, 1.807) is 0 Å². The third kappa shape index (κ3) is 3.00. The second-order valence-electron chi connectivity index (χ2n) is 8.50. The van der Waals surface area contributed by atoms with Crippen LogP contribution in [0.25, 0.3) is 55.1 Å². The SMILES string of the molecule is Cc1ccc2c(oc3cc(C#N)c(-c4ccc5ccccc5c4)cc32)c1-c1cccc[n+]1C. The lowest BCUT2D eigenvalue weighted by Gasteiger charge is -2.07. The lowest BCUT2D eigenvalue weighted by molar-refractivity contribution is -0.660. The van der Waals surface area contributed by atoms with E-state index < -0.39 is 0 Å².